The molecule has 2 rings (SSSR count). The highest BCUT2D eigenvalue weighted by Crippen LogP contribution is 2.27. The first kappa shape index (κ1) is 20.6. The van der Waals surface area contributed by atoms with Crippen LogP contribution in [0.5, 0.6) is 0 Å². The van der Waals surface area contributed by atoms with Crippen LogP contribution in [0.1, 0.15) is 35.7 Å². The molecule has 2 aromatic rings. The molecule has 0 aliphatic heterocycles. The van der Waals surface area contributed by atoms with Crippen LogP contribution in [0.15, 0.2) is 42.5 Å². The molecule has 140 valence electrons. The first-order valence-electron chi connectivity index (χ1n) is 8.14. The Morgan fingerprint density at radius 2 is 1.69 bits per heavy atom. The number of benzene rings is 2. The third-order valence-electron chi connectivity index (χ3n) is 3.65. The highest BCUT2D eigenvalue weighted by Gasteiger charge is 2.19. The Labute approximate surface area is 163 Å². The van der Waals surface area contributed by atoms with E-state index in [0.717, 1.165) is 12.8 Å². The Hall–Kier alpha value is -1.76. The van der Waals surface area contributed by atoms with Crippen molar-refractivity contribution in [2.75, 3.05) is 11.3 Å². The van der Waals surface area contributed by atoms with Crippen LogP contribution in [0.25, 0.3) is 0 Å². The van der Waals surface area contributed by atoms with Crippen molar-refractivity contribution < 1.29 is 13.2 Å². The largest absolute Gasteiger partial charge is 0.352 e. The summed E-state index contributed by atoms with van der Waals surface area (Å²) in [7, 11) is -3.81. The minimum Gasteiger partial charge on any atom is -0.352 e. The molecular formula is C18H20Cl2N2O3S. The van der Waals surface area contributed by atoms with E-state index in [-0.39, 0.29) is 27.2 Å². The first-order valence-corrected chi connectivity index (χ1v) is 10.6. The quantitative estimate of drug-likeness (QED) is 0.625. The molecule has 2 aromatic carbocycles. The normalized spacial score (nSPS) is 11.2. The van der Waals surface area contributed by atoms with Gasteiger partial charge in [0.2, 0.25) is 10.0 Å². The van der Waals surface area contributed by atoms with Crippen molar-refractivity contribution in [3.05, 3.63) is 63.6 Å². The van der Waals surface area contributed by atoms with Gasteiger partial charge in [0.25, 0.3) is 5.91 Å². The van der Waals surface area contributed by atoms with Crippen molar-refractivity contribution in [2.45, 2.75) is 25.5 Å². The van der Waals surface area contributed by atoms with E-state index >= 15 is 0 Å². The lowest BCUT2D eigenvalue weighted by Gasteiger charge is -2.14. The SMILES string of the molecule is CCCCNC(=O)c1ccccc1NS(=O)(=O)Cc1c(Cl)cccc1Cl. The Bertz CT molecular complexity index is 866. The molecule has 5 nitrogen and oxygen atoms in total. The molecule has 0 aliphatic carbocycles. The zero-order valence-electron chi connectivity index (χ0n) is 14.3. The molecule has 1 amide bonds. The maximum absolute atomic E-state index is 12.5. The van der Waals surface area contributed by atoms with Crippen LogP contribution >= 0.6 is 23.2 Å². The summed E-state index contributed by atoms with van der Waals surface area (Å²) in [6, 6.07) is 11.2. The molecule has 0 aromatic heterocycles. The van der Waals surface area contributed by atoms with Crippen molar-refractivity contribution in [3.63, 3.8) is 0 Å². The van der Waals surface area contributed by atoms with E-state index in [0.29, 0.717) is 12.1 Å². The second-order valence-electron chi connectivity index (χ2n) is 5.72. The minimum atomic E-state index is -3.81. The number of halogens is 2. The number of carbonyl (C=O) groups is 1. The maximum atomic E-state index is 12.5. The van der Waals surface area contributed by atoms with E-state index in [2.05, 4.69) is 10.0 Å². The summed E-state index contributed by atoms with van der Waals surface area (Å²) >= 11 is 12.1. The van der Waals surface area contributed by atoms with Crippen LogP contribution in [0.2, 0.25) is 10.0 Å². The van der Waals surface area contributed by atoms with Gasteiger partial charge < -0.3 is 5.32 Å². The number of para-hydroxylation sites is 1. The first-order chi connectivity index (χ1) is 12.3. The van der Waals surface area contributed by atoms with Crippen LogP contribution in [-0.4, -0.2) is 20.9 Å². The summed E-state index contributed by atoms with van der Waals surface area (Å²) < 4.78 is 27.6. The van der Waals surface area contributed by atoms with E-state index < -0.39 is 15.8 Å². The number of amides is 1. The van der Waals surface area contributed by atoms with Gasteiger partial charge in [0.1, 0.15) is 0 Å². The Balaban J connectivity index is 2.21. The smallest absolute Gasteiger partial charge is 0.253 e. The fourth-order valence-electron chi connectivity index (χ4n) is 2.31. The van der Waals surface area contributed by atoms with E-state index in [4.69, 9.17) is 23.2 Å². The Morgan fingerprint density at radius 1 is 1.04 bits per heavy atom. The van der Waals surface area contributed by atoms with Crippen molar-refractivity contribution in [1.29, 1.82) is 0 Å². The van der Waals surface area contributed by atoms with Crippen molar-refractivity contribution in [3.8, 4) is 0 Å². The van der Waals surface area contributed by atoms with Gasteiger partial charge in [-0.1, -0.05) is 54.7 Å². The van der Waals surface area contributed by atoms with Crippen molar-refractivity contribution >= 4 is 44.8 Å². The van der Waals surface area contributed by atoms with Crippen LogP contribution in [0, 0.1) is 0 Å². The standard InChI is InChI=1S/C18H20Cl2N2O3S/c1-2-3-11-21-18(23)13-7-4-5-10-17(13)22-26(24,25)12-14-15(19)8-6-9-16(14)20/h4-10,22H,2-3,11-12H2,1H3,(H,21,23). The molecular weight excluding hydrogens is 395 g/mol. The average Bonchev–Trinajstić information content (AvgIpc) is 2.58. The third-order valence-corrected chi connectivity index (χ3v) is 5.56. The fourth-order valence-corrected chi connectivity index (χ4v) is 4.27. The summed E-state index contributed by atoms with van der Waals surface area (Å²) in [4.78, 5) is 12.3. The van der Waals surface area contributed by atoms with Crippen molar-refractivity contribution in [2.24, 2.45) is 0 Å². The number of sulfonamides is 1. The van der Waals surface area contributed by atoms with E-state index in [1.165, 1.54) is 0 Å². The van der Waals surface area contributed by atoms with Gasteiger partial charge in [0.05, 0.1) is 17.0 Å². The summed E-state index contributed by atoms with van der Waals surface area (Å²) in [5.41, 5.74) is 0.787. The molecule has 0 aliphatic rings. The van der Waals surface area contributed by atoms with E-state index in [1.54, 1.807) is 42.5 Å². The molecule has 26 heavy (non-hydrogen) atoms. The number of carbonyl (C=O) groups excluding carboxylic acids is 1. The lowest BCUT2D eigenvalue weighted by atomic mass is 10.1. The molecule has 0 heterocycles. The molecule has 0 unspecified atom stereocenters. The summed E-state index contributed by atoms with van der Waals surface area (Å²) in [6.45, 7) is 2.56. The van der Waals surface area contributed by atoms with Gasteiger partial charge in [-0.15, -0.1) is 0 Å². The highest BCUT2D eigenvalue weighted by atomic mass is 35.5. The van der Waals surface area contributed by atoms with E-state index in [1.807, 2.05) is 6.92 Å². The number of anilines is 1. The van der Waals surface area contributed by atoms with Crippen LogP contribution < -0.4 is 10.0 Å². The Kier molecular flexibility index (Phi) is 7.32. The predicted molar refractivity (Wildman–Crippen MR) is 106 cm³/mol. The second-order valence-corrected chi connectivity index (χ2v) is 8.25. The molecule has 0 bridgehead atoms. The van der Waals surface area contributed by atoms with Gasteiger partial charge in [0, 0.05) is 22.2 Å². The van der Waals surface area contributed by atoms with Gasteiger partial charge >= 0.3 is 0 Å². The van der Waals surface area contributed by atoms with Crippen LogP contribution in [0.4, 0.5) is 5.69 Å². The lowest BCUT2D eigenvalue weighted by molar-refractivity contribution is 0.0954. The van der Waals surface area contributed by atoms with Crippen LogP contribution in [-0.2, 0) is 15.8 Å². The molecule has 2 N–H and O–H groups in total. The fraction of sp³-hybridized carbons (Fsp3) is 0.278. The average molecular weight is 415 g/mol. The van der Waals surface area contributed by atoms with E-state index in [9.17, 15) is 13.2 Å². The number of nitrogens with one attached hydrogen (secondary N) is 2. The summed E-state index contributed by atoms with van der Waals surface area (Å²) in [5, 5.41) is 3.32. The molecule has 0 radical (unpaired) electrons. The third kappa shape index (κ3) is 5.62. The highest BCUT2D eigenvalue weighted by molar-refractivity contribution is 7.91. The summed E-state index contributed by atoms with van der Waals surface area (Å²) in [6.07, 6.45) is 1.80. The Morgan fingerprint density at radius 3 is 2.35 bits per heavy atom. The zero-order valence-corrected chi connectivity index (χ0v) is 16.6. The summed E-state index contributed by atoms with van der Waals surface area (Å²) in [5.74, 6) is -0.718. The number of hydrogen-bond donors (Lipinski definition) is 2. The molecule has 0 saturated carbocycles. The van der Waals surface area contributed by atoms with Gasteiger partial charge in [-0.3, -0.25) is 9.52 Å². The predicted octanol–water partition coefficient (Wildman–Crippen LogP) is 4.47. The number of hydrogen-bond acceptors (Lipinski definition) is 3. The molecule has 0 atom stereocenters. The van der Waals surface area contributed by atoms with Crippen molar-refractivity contribution in [1.82, 2.24) is 5.32 Å². The van der Waals surface area contributed by atoms with Gasteiger partial charge in [-0.2, -0.15) is 0 Å². The van der Waals surface area contributed by atoms with Crippen LogP contribution in [0.3, 0.4) is 0 Å². The molecule has 0 saturated heterocycles. The monoisotopic (exact) mass is 414 g/mol. The topological polar surface area (TPSA) is 75.3 Å². The second kappa shape index (κ2) is 9.26. The zero-order chi connectivity index (χ0) is 19.2. The molecule has 0 spiro atoms. The van der Waals surface area contributed by atoms with Gasteiger partial charge in [0.15, 0.2) is 0 Å². The van der Waals surface area contributed by atoms with Gasteiger partial charge in [-0.05, 0) is 30.7 Å². The molecule has 0 fully saturated rings. The molecule has 8 heteroatoms. The number of unbranched alkanes of at least 4 members (excludes halogenated alkanes) is 1. The minimum absolute atomic E-state index is 0.213. The van der Waals surface area contributed by atoms with Gasteiger partial charge in [-0.25, -0.2) is 8.42 Å². The lowest BCUT2D eigenvalue weighted by Crippen LogP contribution is -2.26. The maximum Gasteiger partial charge on any atom is 0.253 e. The number of rotatable bonds is 8.